The fourth-order valence-corrected chi connectivity index (χ4v) is 4.23. The lowest BCUT2D eigenvalue weighted by molar-refractivity contribution is -0.113. The number of nitrogens with one attached hydrogen (secondary N) is 1. The number of para-hydroxylation sites is 2. The maximum atomic E-state index is 12.6. The predicted molar refractivity (Wildman–Crippen MR) is 132 cm³/mol. The number of ether oxygens (including phenoxy) is 2. The molecule has 0 aliphatic rings. The summed E-state index contributed by atoms with van der Waals surface area (Å²) in [5, 5.41) is 12.5. The zero-order valence-electron chi connectivity index (χ0n) is 20.1. The Kier molecular flexibility index (Phi) is 8.38. The molecule has 0 aliphatic heterocycles. The maximum absolute atomic E-state index is 12.6. The van der Waals surface area contributed by atoms with Gasteiger partial charge in [0.05, 0.1) is 12.9 Å². The first kappa shape index (κ1) is 24.6. The lowest BCUT2D eigenvalue weighted by Crippen LogP contribution is -2.17. The molecule has 0 fully saturated rings. The average molecular weight is 469 g/mol. The number of hydrogen-bond donors (Lipinski definition) is 1. The van der Waals surface area contributed by atoms with Crippen molar-refractivity contribution in [2.75, 3.05) is 18.2 Å². The Morgan fingerprint density at radius 1 is 1.09 bits per heavy atom. The number of aromatic nitrogens is 3. The minimum atomic E-state index is -0.342. The second-order valence-electron chi connectivity index (χ2n) is 8.41. The van der Waals surface area contributed by atoms with Crippen molar-refractivity contribution >= 4 is 23.4 Å². The molecule has 176 valence electrons. The van der Waals surface area contributed by atoms with Crippen LogP contribution in [0.15, 0.2) is 47.6 Å². The van der Waals surface area contributed by atoms with Crippen LogP contribution < -0.4 is 14.8 Å². The van der Waals surface area contributed by atoms with E-state index in [1.807, 2.05) is 61.7 Å². The van der Waals surface area contributed by atoms with E-state index in [2.05, 4.69) is 35.4 Å². The van der Waals surface area contributed by atoms with Gasteiger partial charge in [-0.05, 0) is 50.5 Å². The molecule has 1 aromatic heterocycles. The van der Waals surface area contributed by atoms with Crippen LogP contribution in [0.3, 0.4) is 0 Å². The van der Waals surface area contributed by atoms with Gasteiger partial charge in [0.25, 0.3) is 0 Å². The number of hydrogen-bond acceptors (Lipinski definition) is 6. The highest BCUT2D eigenvalue weighted by Crippen LogP contribution is 2.31. The highest BCUT2D eigenvalue weighted by molar-refractivity contribution is 7.99. The summed E-state index contributed by atoms with van der Waals surface area (Å²) in [5.41, 5.74) is 3.04. The Bertz CT molecular complexity index is 1100. The predicted octanol–water partition coefficient (Wildman–Crippen LogP) is 5.43. The number of anilines is 1. The third kappa shape index (κ3) is 6.51. The third-order valence-electron chi connectivity index (χ3n) is 5.02. The number of methoxy groups -OCH3 is 1. The van der Waals surface area contributed by atoms with Gasteiger partial charge in [0.15, 0.2) is 28.6 Å². The van der Waals surface area contributed by atoms with E-state index in [0.717, 1.165) is 17.8 Å². The van der Waals surface area contributed by atoms with Gasteiger partial charge in [-0.25, -0.2) is 0 Å². The van der Waals surface area contributed by atoms with Crippen molar-refractivity contribution < 1.29 is 14.3 Å². The molecule has 0 spiro atoms. The summed E-state index contributed by atoms with van der Waals surface area (Å²) in [5.74, 6) is 2.57. The van der Waals surface area contributed by atoms with Gasteiger partial charge >= 0.3 is 0 Å². The summed E-state index contributed by atoms with van der Waals surface area (Å²) in [6, 6.07) is 13.5. The molecule has 0 saturated heterocycles. The zero-order valence-corrected chi connectivity index (χ0v) is 20.9. The molecule has 0 aliphatic carbocycles. The molecule has 3 rings (SSSR count). The fourth-order valence-electron chi connectivity index (χ4n) is 3.47. The van der Waals surface area contributed by atoms with Crippen molar-refractivity contribution in [1.82, 2.24) is 14.8 Å². The van der Waals surface area contributed by atoms with Crippen LogP contribution in [0, 0.1) is 19.8 Å². The van der Waals surface area contributed by atoms with E-state index < -0.39 is 0 Å². The smallest absolute Gasteiger partial charge is 0.234 e. The highest BCUT2D eigenvalue weighted by Gasteiger charge is 2.22. The van der Waals surface area contributed by atoms with Crippen LogP contribution in [0.1, 0.15) is 43.8 Å². The van der Waals surface area contributed by atoms with Crippen molar-refractivity contribution in [2.24, 2.45) is 5.92 Å². The van der Waals surface area contributed by atoms with Crippen molar-refractivity contribution in [2.45, 2.75) is 52.4 Å². The van der Waals surface area contributed by atoms with Gasteiger partial charge in [0.1, 0.15) is 0 Å². The number of rotatable bonds is 10. The van der Waals surface area contributed by atoms with Crippen LogP contribution in [0.2, 0.25) is 0 Å². The largest absolute Gasteiger partial charge is 0.493 e. The molecular weight excluding hydrogens is 436 g/mol. The molecule has 2 aromatic carbocycles. The van der Waals surface area contributed by atoms with Crippen LogP contribution in [0.25, 0.3) is 0 Å². The van der Waals surface area contributed by atoms with E-state index in [0.29, 0.717) is 28.4 Å². The molecule has 1 N–H and O–H groups in total. The summed E-state index contributed by atoms with van der Waals surface area (Å²) >= 11 is 1.37. The molecule has 0 saturated carbocycles. The molecule has 1 atom stereocenters. The summed E-state index contributed by atoms with van der Waals surface area (Å²) < 4.78 is 13.6. The molecule has 1 unspecified atom stereocenters. The fraction of sp³-hybridized carbons (Fsp3) is 0.400. The van der Waals surface area contributed by atoms with Gasteiger partial charge in [0.2, 0.25) is 5.91 Å². The van der Waals surface area contributed by atoms with Crippen LogP contribution in [-0.2, 0) is 11.3 Å². The summed E-state index contributed by atoms with van der Waals surface area (Å²) in [6.45, 7) is 11.0. The van der Waals surface area contributed by atoms with Gasteiger partial charge in [-0.15, -0.1) is 10.2 Å². The number of benzene rings is 2. The van der Waals surface area contributed by atoms with Crippen molar-refractivity contribution in [3.8, 4) is 11.5 Å². The second kappa shape index (κ2) is 11.2. The molecule has 7 nitrogen and oxygen atoms in total. The SMILES string of the molecule is COc1ccccc1OC(C)c1nnc(SCC(=O)Nc2ccc(C)cc2C)n1CC(C)C. The molecule has 33 heavy (non-hydrogen) atoms. The number of carbonyl (C=O) groups excluding carboxylic acids is 1. The van der Waals surface area contributed by atoms with E-state index in [1.54, 1.807) is 7.11 Å². The highest BCUT2D eigenvalue weighted by atomic mass is 32.2. The summed E-state index contributed by atoms with van der Waals surface area (Å²) in [7, 11) is 1.62. The van der Waals surface area contributed by atoms with Crippen LogP contribution in [0.4, 0.5) is 5.69 Å². The molecule has 1 amide bonds. The summed E-state index contributed by atoms with van der Waals surface area (Å²) in [6.07, 6.45) is -0.342. The number of aryl methyl sites for hydroxylation is 2. The van der Waals surface area contributed by atoms with Gasteiger partial charge < -0.3 is 19.4 Å². The number of nitrogens with zero attached hydrogens (tertiary/aromatic N) is 3. The van der Waals surface area contributed by atoms with Gasteiger partial charge in [-0.1, -0.05) is 55.4 Å². The second-order valence-corrected chi connectivity index (χ2v) is 9.35. The number of thioether (sulfide) groups is 1. The minimum Gasteiger partial charge on any atom is -0.493 e. The number of amides is 1. The van der Waals surface area contributed by atoms with Gasteiger partial charge in [-0.2, -0.15) is 0 Å². The van der Waals surface area contributed by atoms with Crippen molar-refractivity contribution in [3.05, 3.63) is 59.4 Å². The monoisotopic (exact) mass is 468 g/mol. The molecule has 1 heterocycles. The van der Waals surface area contributed by atoms with E-state index in [1.165, 1.54) is 17.3 Å². The first-order chi connectivity index (χ1) is 15.8. The zero-order chi connectivity index (χ0) is 24.0. The van der Waals surface area contributed by atoms with Crippen molar-refractivity contribution in [1.29, 1.82) is 0 Å². The molecular formula is C25H32N4O3S. The first-order valence-corrected chi connectivity index (χ1v) is 12.0. The Morgan fingerprint density at radius 3 is 2.48 bits per heavy atom. The standard InChI is InChI=1S/C25H32N4O3S/c1-16(2)14-29-24(19(5)32-22-10-8-7-9-21(22)31-6)27-28-25(29)33-15-23(30)26-20-12-11-17(3)13-18(20)4/h7-13,16,19H,14-15H2,1-6H3,(H,26,30). The molecule has 0 radical (unpaired) electrons. The topological polar surface area (TPSA) is 78.3 Å². The van der Waals surface area contributed by atoms with E-state index in [9.17, 15) is 4.79 Å². The van der Waals surface area contributed by atoms with Crippen LogP contribution in [-0.4, -0.2) is 33.5 Å². The summed E-state index contributed by atoms with van der Waals surface area (Å²) in [4.78, 5) is 12.6. The van der Waals surface area contributed by atoms with E-state index in [4.69, 9.17) is 9.47 Å². The van der Waals surface area contributed by atoms with Gasteiger partial charge in [0, 0.05) is 12.2 Å². The average Bonchev–Trinajstić information content (AvgIpc) is 3.16. The van der Waals surface area contributed by atoms with E-state index >= 15 is 0 Å². The Labute approximate surface area is 199 Å². The Balaban J connectivity index is 1.72. The van der Waals surface area contributed by atoms with Crippen molar-refractivity contribution in [3.63, 3.8) is 0 Å². The molecule has 0 bridgehead atoms. The normalized spacial score (nSPS) is 12.0. The lowest BCUT2D eigenvalue weighted by atomic mass is 10.1. The minimum absolute atomic E-state index is 0.0779. The lowest BCUT2D eigenvalue weighted by Gasteiger charge is -2.19. The Morgan fingerprint density at radius 2 is 1.82 bits per heavy atom. The van der Waals surface area contributed by atoms with Crippen LogP contribution in [0.5, 0.6) is 11.5 Å². The number of carbonyl (C=O) groups is 1. The maximum Gasteiger partial charge on any atom is 0.234 e. The Hall–Kier alpha value is -3.00. The van der Waals surface area contributed by atoms with E-state index in [-0.39, 0.29) is 17.8 Å². The molecule has 8 heteroatoms. The molecule has 3 aromatic rings. The first-order valence-electron chi connectivity index (χ1n) is 11.0. The van der Waals surface area contributed by atoms with Gasteiger partial charge in [-0.3, -0.25) is 4.79 Å². The quantitative estimate of drug-likeness (QED) is 0.400. The van der Waals surface area contributed by atoms with Crippen LogP contribution >= 0.6 is 11.8 Å². The third-order valence-corrected chi connectivity index (χ3v) is 5.98.